The first kappa shape index (κ1) is 20.6. The van der Waals surface area contributed by atoms with Crippen LogP contribution < -0.4 is 4.74 Å². The number of aromatic nitrogens is 2. The summed E-state index contributed by atoms with van der Waals surface area (Å²) in [6.07, 6.45) is 0. The van der Waals surface area contributed by atoms with Crippen LogP contribution in [0.4, 0.5) is 0 Å². The number of para-hydroxylation sites is 1. The fourth-order valence-corrected chi connectivity index (χ4v) is 3.30. The maximum atomic E-state index is 12.7. The summed E-state index contributed by atoms with van der Waals surface area (Å²) in [7, 11) is 4.02. The lowest BCUT2D eigenvalue weighted by Gasteiger charge is -2.10. The topological polar surface area (TPSA) is 79.7 Å². The van der Waals surface area contributed by atoms with Gasteiger partial charge in [-0.05, 0) is 36.8 Å². The van der Waals surface area contributed by atoms with Gasteiger partial charge in [0, 0.05) is 10.0 Å². The van der Waals surface area contributed by atoms with Crippen LogP contribution in [0, 0.1) is 6.92 Å². The third kappa shape index (κ3) is 3.75. The minimum atomic E-state index is -0.710. The molecule has 29 heavy (non-hydrogen) atoms. The van der Waals surface area contributed by atoms with Gasteiger partial charge in [-0.25, -0.2) is 14.3 Å². The van der Waals surface area contributed by atoms with Crippen molar-refractivity contribution in [3.05, 3.63) is 63.8 Å². The summed E-state index contributed by atoms with van der Waals surface area (Å²) in [5.74, 6) is -0.913. The van der Waals surface area contributed by atoms with Gasteiger partial charge in [-0.15, -0.1) is 0 Å². The number of methoxy groups -OCH3 is 3. The predicted octanol–water partition coefficient (Wildman–Crippen LogP) is 4.19. The Hall–Kier alpha value is -3.13. The maximum Gasteiger partial charge on any atom is 0.357 e. The average Bonchev–Trinajstić information content (AvgIpc) is 3.15. The van der Waals surface area contributed by atoms with Gasteiger partial charge in [-0.3, -0.25) is 0 Å². The number of hydrogen-bond acceptors (Lipinski definition) is 6. The van der Waals surface area contributed by atoms with Crippen LogP contribution in [0.5, 0.6) is 5.75 Å². The summed E-state index contributed by atoms with van der Waals surface area (Å²) in [6, 6.07) is 12.6. The van der Waals surface area contributed by atoms with E-state index in [-0.39, 0.29) is 17.0 Å². The number of benzene rings is 2. The predicted molar refractivity (Wildman–Crippen MR) is 111 cm³/mol. The normalized spacial score (nSPS) is 10.5. The van der Waals surface area contributed by atoms with E-state index in [1.165, 1.54) is 26.0 Å². The molecule has 0 aliphatic rings. The van der Waals surface area contributed by atoms with Gasteiger partial charge in [0.25, 0.3) is 0 Å². The lowest BCUT2D eigenvalue weighted by molar-refractivity contribution is 0.0549. The number of nitrogens with zero attached hydrogens (tertiary/aromatic N) is 2. The van der Waals surface area contributed by atoms with Crippen molar-refractivity contribution in [3.63, 3.8) is 0 Å². The van der Waals surface area contributed by atoms with Gasteiger partial charge < -0.3 is 14.2 Å². The molecule has 0 bridgehead atoms. The summed E-state index contributed by atoms with van der Waals surface area (Å²) in [4.78, 5) is 25.3. The van der Waals surface area contributed by atoms with Crippen LogP contribution in [0.2, 0.25) is 0 Å². The zero-order valence-electron chi connectivity index (χ0n) is 16.4. The molecule has 0 fully saturated rings. The molecule has 1 heterocycles. The van der Waals surface area contributed by atoms with E-state index in [0.717, 1.165) is 10.0 Å². The Morgan fingerprint density at radius 2 is 1.66 bits per heavy atom. The molecule has 0 radical (unpaired) electrons. The van der Waals surface area contributed by atoms with Crippen molar-refractivity contribution in [2.24, 2.45) is 0 Å². The summed E-state index contributed by atoms with van der Waals surface area (Å²) >= 11 is 3.50. The molecule has 3 rings (SSSR count). The number of rotatable bonds is 5. The van der Waals surface area contributed by atoms with Crippen molar-refractivity contribution >= 4 is 27.9 Å². The first-order valence-corrected chi connectivity index (χ1v) is 9.41. The van der Waals surface area contributed by atoms with E-state index in [2.05, 4.69) is 21.0 Å². The maximum absolute atomic E-state index is 12.7. The third-order valence-electron chi connectivity index (χ3n) is 4.39. The monoisotopic (exact) mass is 458 g/mol. The zero-order chi connectivity index (χ0) is 21.1. The van der Waals surface area contributed by atoms with Crippen LogP contribution in [-0.4, -0.2) is 43.0 Å². The molecule has 0 saturated carbocycles. The van der Waals surface area contributed by atoms with E-state index < -0.39 is 11.9 Å². The van der Waals surface area contributed by atoms with Crippen LogP contribution in [-0.2, 0) is 9.47 Å². The van der Waals surface area contributed by atoms with E-state index in [9.17, 15) is 9.59 Å². The molecule has 2 aromatic carbocycles. The first-order chi connectivity index (χ1) is 13.9. The van der Waals surface area contributed by atoms with Crippen LogP contribution in [0.3, 0.4) is 0 Å². The average molecular weight is 459 g/mol. The number of hydrogen-bond donors (Lipinski definition) is 0. The second kappa shape index (κ2) is 8.48. The molecule has 0 N–H and O–H groups in total. The zero-order valence-corrected chi connectivity index (χ0v) is 17.9. The number of carbonyl (C=O) groups is 2. The third-order valence-corrected chi connectivity index (χ3v) is 5.24. The van der Waals surface area contributed by atoms with Crippen LogP contribution in [0.25, 0.3) is 16.9 Å². The SMILES string of the molecule is COC(=O)c1c(-c2cc(Br)c(C)cc2OC)nn(-c2ccccc2)c1C(=O)OC. The lowest BCUT2D eigenvalue weighted by Crippen LogP contribution is -2.15. The van der Waals surface area contributed by atoms with Gasteiger partial charge in [0.15, 0.2) is 5.69 Å². The van der Waals surface area contributed by atoms with Crippen molar-refractivity contribution in [2.75, 3.05) is 21.3 Å². The van der Waals surface area contributed by atoms with Gasteiger partial charge in [-0.2, -0.15) is 5.10 Å². The Balaban J connectivity index is 2.42. The highest BCUT2D eigenvalue weighted by atomic mass is 79.9. The van der Waals surface area contributed by atoms with Crippen molar-refractivity contribution < 1.29 is 23.8 Å². The summed E-state index contributed by atoms with van der Waals surface area (Å²) < 4.78 is 17.6. The van der Waals surface area contributed by atoms with E-state index in [0.29, 0.717) is 17.0 Å². The highest BCUT2D eigenvalue weighted by Crippen LogP contribution is 2.38. The van der Waals surface area contributed by atoms with Gasteiger partial charge in [0.1, 0.15) is 17.0 Å². The molecule has 0 unspecified atom stereocenters. The van der Waals surface area contributed by atoms with Crippen LogP contribution >= 0.6 is 15.9 Å². The highest BCUT2D eigenvalue weighted by Gasteiger charge is 2.32. The molecule has 7 nitrogen and oxygen atoms in total. The summed E-state index contributed by atoms with van der Waals surface area (Å²) in [5.41, 5.74) is 2.29. The molecule has 0 atom stereocenters. The molecule has 1 aromatic heterocycles. The Labute approximate surface area is 176 Å². The highest BCUT2D eigenvalue weighted by molar-refractivity contribution is 9.10. The number of aryl methyl sites for hydroxylation is 1. The molecular weight excluding hydrogens is 440 g/mol. The van der Waals surface area contributed by atoms with Crippen LogP contribution in [0.15, 0.2) is 46.9 Å². The number of carbonyl (C=O) groups excluding carboxylic acids is 2. The Kier molecular flexibility index (Phi) is 6.03. The van der Waals surface area contributed by atoms with E-state index in [1.807, 2.05) is 19.1 Å². The molecule has 150 valence electrons. The molecule has 8 heteroatoms. The fourth-order valence-electron chi connectivity index (χ4n) is 2.95. The van der Waals surface area contributed by atoms with Crippen molar-refractivity contribution in [3.8, 4) is 22.7 Å². The lowest BCUT2D eigenvalue weighted by atomic mass is 10.0. The summed E-state index contributed by atoms with van der Waals surface area (Å²) in [5, 5.41) is 4.58. The van der Waals surface area contributed by atoms with E-state index in [1.54, 1.807) is 30.3 Å². The quantitative estimate of drug-likeness (QED) is 0.533. The number of esters is 2. The molecule has 0 amide bonds. The largest absolute Gasteiger partial charge is 0.496 e. The Morgan fingerprint density at radius 1 is 1.00 bits per heavy atom. The Bertz CT molecular complexity index is 1080. The second-order valence-electron chi connectivity index (χ2n) is 6.10. The minimum Gasteiger partial charge on any atom is -0.496 e. The van der Waals surface area contributed by atoms with Gasteiger partial charge in [-0.1, -0.05) is 34.1 Å². The smallest absolute Gasteiger partial charge is 0.357 e. The van der Waals surface area contributed by atoms with Crippen molar-refractivity contribution in [1.29, 1.82) is 0 Å². The Morgan fingerprint density at radius 3 is 2.24 bits per heavy atom. The number of ether oxygens (including phenoxy) is 3. The first-order valence-electron chi connectivity index (χ1n) is 8.62. The minimum absolute atomic E-state index is 0.00254. The van der Waals surface area contributed by atoms with Gasteiger partial charge in [0.05, 0.1) is 27.0 Å². The van der Waals surface area contributed by atoms with Crippen LogP contribution in [0.1, 0.15) is 26.4 Å². The summed E-state index contributed by atoms with van der Waals surface area (Å²) in [6.45, 7) is 1.92. The van der Waals surface area contributed by atoms with E-state index >= 15 is 0 Å². The fraction of sp³-hybridized carbons (Fsp3) is 0.190. The molecule has 0 aliphatic carbocycles. The number of halogens is 1. The molecule has 3 aromatic rings. The molecule has 0 aliphatic heterocycles. The second-order valence-corrected chi connectivity index (χ2v) is 6.96. The molecular formula is C21H19BrN2O5. The van der Waals surface area contributed by atoms with E-state index in [4.69, 9.17) is 14.2 Å². The standard InChI is InChI=1S/C21H19BrN2O5/c1-12-10-16(27-2)14(11-15(12)22)18-17(20(25)28-3)19(21(26)29-4)24(23-18)13-8-6-5-7-9-13/h5-11H,1-4H3. The molecule has 0 spiro atoms. The van der Waals surface area contributed by atoms with Gasteiger partial charge >= 0.3 is 11.9 Å². The van der Waals surface area contributed by atoms with Crippen molar-refractivity contribution in [1.82, 2.24) is 9.78 Å². The van der Waals surface area contributed by atoms with Gasteiger partial charge in [0.2, 0.25) is 0 Å². The van der Waals surface area contributed by atoms with Crippen molar-refractivity contribution in [2.45, 2.75) is 6.92 Å². The molecule has 0 saturated heterocycles.